The third-order valence-corrected chi connectivity index (χ3v) is 20.2. The lowest BCUT2D eigenvalue weighted by molar-refractivity contribution is -0.142. The second kappa shape index (κ2) is 60.5. The fraction of sp³-hybridized carbons (Fsp3) is 0.578. The Bertz CT molecular complexity index is 4470. The van der Waals surface area contributed by atoms with Crippen molar-refractivity contribution < 1.29 is 127 Å². The number of aliphatic carboxylic acids is 3. The van der Waals surface area contributed by atoms with Crippen LogP contribution in [0.15, 0.2) is 54.6 Å². The van der Waals surface area contributed by atoms with E-state index in [1.165, 1.54) is 57.2 Å². The average Bonchev–Trinajstić information content (AvgIpc) is 0.846. The van der Waals surface area contributed by atoms with Crippen LogP contribution >= 0.6 is 0 Å². The Morgan fingerprint density at radius 2 is 0.669 bits per heavy atom. The molecule has 2 unspecified atom stereocenters. The summed E-state index contributed by atoms with van der Waals surface area (Å²) in [6.45, 7) is 9.50. The molecule has 2 rings (SSSR count). The molecule has 0 aliphatic carbocycles. The summed E-state index contributed by atoms with van der Waals surface area (Å²) in [5.41, 5.74) is 33.2. The lowest BCUT2D eigenvalue weighted by Gasteiger charge is -2.30. The molecule has 16 atom stereocenters. The maximum absolute atomic E-state index is 14.8. The molecule has 2 aromatic carbocycles. The Kier molecular flexibility index (Phi) is 52.2. The lowest BCUT2D eigenvalue weighted by atomic mass is 9.99. The first-order chi connectivity index (χ1) is 63.7. The number of aliphatic hydroxyl groups is 2. The number of phenols is 1. The van der Waals surface area contributed by atoms with Crippen molar-refractivity contribution in [1.29, 1.82) is 16.2 Å². The Labute approximate surface area is 782 Å². The number of aliphatic hydroxyl groups excluding tert-OH is 2. The largest absolute Gasteiger partial charge is 0.508 e. The number of nitrogens with two attached hydrogens (primary N) is 6. The lowest BCUT2D eigenvalue weighted by Crippen LogP contribution is -2.62. The van der Waals surface area contributed by atoms with Crippen molar-refractivity contribution in [2.24, 2.45) is 52.2 Å². The maximum Gasteiger partial charge on any atom is 0.325 e. The van der Waals surface area contributed by atoms with Crippen molar-refractivity contribution in [2.45, 2.75) is 255 Å². The van der Waals surface area contributed by atoms with Crippen LogP contribution in [0.4, 0.5) is 0 Å². The van der Waals surface area contributed by atoms with E-state index in [-0.39, 0.29) is 83.2 Å². The molecule has 0 heterocycles. The number of carbonyl (C=O) groups excluding carboxylic acids is 17. The van der Waals surface area contributed by atoms with Crippen LogP contribution in [-0.4, -0.2) is 296 Å². The minimum Gasteiger partial charge on any atom is -0.508 e. The number of amides is 17. The molecular weight excluding hydrogens is 1790 g/mol. The first-order valence-electron chi connectivity index (χ1n) is 43.6. The predicted molar refractivity (Wildman–Crippen MR) is 485 cm³/mol. The molecule has 136 heavy (non-hydrogen) atoms. The van der Waals surface area contributed by atoms with E-state index in [2.05, 4.69) is 95.7 Å². The molecule has 39 N–H and O–H groups in total. The van der Waals surface area contributed by atoms with E-state index in [9.17, 15) is 127 Å². The van der Waals surface area contributed by atoms with Crippen molar-refractivity contribution in [3.63, 3.8) is 0 Å². The van der Waals surface area contributed by atoms with E-state index in [1.807, 2.05) is 0 Å². The van der Waals surface area contributed by atoms with E-state index >= 15 is 0 Å². The van der Waals surface area contributed by atoms with Crippen molar-refractivity contribution >= 4 is 136 Å². The fourth-order valence-corrected chi connectivity index (χ4v) is 13.1. The fourth-order valence-electron chi connectivity index (χ4n) is 13.1. The molecule has 2 aromatic rings. The first-order valence-corrected chi connectivity index (χ1v) is 43.6. The number of nitrogens with one attached hydrogen (secondary N) is 21. The van der Waals surface area contributed by atoms with Gasteiger partial charge in [0.2, 0.25) is 100 Å². The van der Waals surface area contributed by atoms with E-state index in [4.69, 9.17) is 50.6 Å². The number of phenolic OH excluding ortho intramolecular Hbond substituents is 1. The van der Waals surface area contributed by atoms with Crippen LogP contribution in [0.5, 0.6) is 5.75 Å². The normalized spacial score (nSPS) is 14.5. The zero-order chi connectivity index (χ0) is 103. The Morgan fingerprint density at radius 1 is 0.346 bits per heavy atom. The summed E-state index contributed by atoms with van der Waals surface area (Å²) in [4.78, 5) is 273. The molecule has 756 valence electrons. The predicted octanol–water partition coefficient (Wildman–Crippen LogP) is -10.1. The monoisotopic (exact) mass is 1920 g/mol. The number of carboxylic acid groups (broad SMARTS) is 3. The van der Waals surface area contributed by atoms with Gasteiger partial charge in [0, 0.05) is 45.3 Å². The van der Waals surface area contributed by atoms with Crippen molar-refractivity contribution in [3.05, 3.63) is 65.7 Å². The van der Waals surface area contributed by atoms with Gasteiger partial charge in [-0.25, -0.2) is 0 Å². The number of primary amides is 2. The van der Waals surface area contributed by atoms with Crippen molar-refractivity contribution in [2.75, 3.05) is 32.8 Å². The van der Waals surface area contributed by atoms with Gasteiger partial charge in [-0.1, -0.05) is 84.0 Å². The van der Waals surface area contributed by atoms with Crippen LogP contribution in [0.2, 0.25) is 0 Å². The van der Waals surface area contributed by atoms with Gasteiger partial charge in [0.15, 0.2) is 17.9 Å². The van der Waals surface area contributed by atoms with Crippen LogP contribution < -0.4 is 130 Å². The number of hydrogen-bond donors (Lipinski definition) is 33. The van der Waals surface area contributed by atoms with Crippen LogP contribution in [0, 0.1) is 34.0 Å². The van der Waals surface area contributed by atoms with Gasteiger partial charge >= 0.3 is 17.9 Å². The third-order valence-electron chi connectivity index (χ3n) is 20.2. The third kappa shape index (κ3) is 46.1. The summed E-state index contributed by atoms with van der Waals surface area (Å²) in [5.74, 6) is -27.5. The zero-order valence-corrected chi connectivity index (χ0v) is 76.8. The number of benzene rings is 2. The highest BCUT2D eigenvalue weighted by Crippen LogP contribution is 2.17. The standard InChI is InChI=1S/C83H133N27O26/c1-39(2)31-52(72(127)99-49(19-14-30-95-83(91)92)70(125)110-65(43(8)112)79(134)106-53(32-40(3)4)73(128)98-47(17-12-28-93-81(87)88)66(121)104-54(71(126)96-42(7)80(135)136)34-45-20-22-46(113)23-21-45)103-76(131)57(36-63(119)120)107-78(133)64(41(5)6)109-69(124)48(18-13-29-94-82(89)90)100-74(129)55(33-44-15-10-9-11-16-44)105-77(132)58(38-111)108-68(123)50(24-26-59(85)114)101-67(122)51(25-27-62(117)118)102-75(130)56(35-60(86)115)97-61(116)37-84/h9-11,15-16,20-23,39-43,47-58,64-65,111-113H,12-14,17-19,24-38,84H2,1-8H3,(H2,85,114)(H2,86,115)(H,96,126)(H,97,116)(H,98,128)(H,99,127)(H,100,129)(H,101,122)(H,102,130)(H,103,131)(H,104,121)(H,105,132)(H,106,134)(H,107,133)(H,108,123)(H,109,124)(H,110,125)(H,117,118)(H,119,120)(H,135,136)(H4,87,88,93)(H4,89,90,94)(H4,91,92,95)/t42-,43?,47-,48-,49-,50?,51-,52-,53-,54-,55-,56-,57-,58-,64-,65-/m0/s1. The summed E-state index contributed by atoms with van der Waals surface area (Å²) in [6, 6.07) is -13.0. The number of carbonyl (C=O) groups is 20. The Balaban J connectivity index is 2.64. The number of aromatic hydroxyl groups is 1. The van der Waals surface area contributed by atoms with Gasteiger partial charge in [-0.2, -0.15) is 0 Å². The van der Waals surface area contributed by atoms with Crippen molar-refractivity contribution in [3.8, 4) is 5.75 Å². The summed E-state index contributed by atoms with van der Waals surface area (Å²) < 4.78 is 0. The minimum atomic E-state index is -2.09. The van der Waals surface area contributed by atoms with Crippen LogP contribution in [-0.2, 0) is 109 Å². The SMILES string of the molecule is CC(C)C[C@H](NC(=O)[C@H](CC(=O)O)NC(=O)[C@@H](NC(=O)[C@H](CCCNC(=N)N)NC(=O)[C@H](Cc1ccccc1)NC(=O)[C@H](CO)NC(=O)C(CCC(N)=O)NC(=O)[C@H](CCC(=O)O)NC(=O)[C@H](CC(N)=O)NC(=O)CN)C(C)C)C(=O)N[C@@H](CCCNC(=N)N)C(=O)N[C@H](C(=O)N[C@@H](CC(C)C)C(=O)N[C@@H](CCCNC(=N)N)C(=O)N[C@@H](Cc1ccc(O)cc1)C(=O)N[C@@H](C)C(=O)O)C(C)O. The molecule has 0 bridgehead atoms. The smallest absolute Gasteiger partial charge is 0.325 e. The molecule has 53 nitrogen and oxygen atoms in total. The highest BCUT2D eigenvalue weighted by molar-refractivity contribution is 6.02. The zero-order valence-electron chi connectivity index (χ0n) is 76.8. The molecule has 0 spiro atoms. The van der Waals surface area contributed by atoms with Crippen LogP contribution in [0.1, 0.15) is 156 Å². The van der Waals surface area contributed by atoms with E-state index in [0.29, 0.717) is 11.1 Å². The summed E-state index contributed by atoms with van der Waals surface area (Å²) >= 11 is 0. The van der Waals surface area contributed by atoms with Crippen LogP contribution in [0.25, 0.3) is 0 Å². The second-order valence-electron chi connectivity index (χ2n) is 33.2. The molecule has 0 saturated carbocycles. The number of hydrogen-bond acceptors (Lipinski definition) is 27. The van der Waals surface area contributed by atoms with Gasteiger partial charge in [-0.05, 0) is 119 Å². The maximum atomic E-state index is 14.8. The first kappa shape index (κ1) is 117. The number of rotatable bonds is 64. The molecule has 0 radical (unpaired) electrons. The second-order valence-corrected chi connectivity index (χ2v) is 33.2. The highest BCUT2D eigenvalue weighted by atomic mass is 16.4. The van der Waals surface area contributed by atoms with Gasteiger partial charge in [0.25, 0.3) is 0 Å². The molecule has 0 fully saturated rings. The summed E-state index contributed by atoms with van der Waals surface area (Å²) in [6.07, 6.45) is -8.73. The van der Waals surface area contributed by atoms with Gasteiger partial charge in [-0.3, -0.25) is 112 Å². The van der Waals surface area contributed by atoms with Gasteiger partial charge < -0.3 is 161 Å². The topological polar surface area (TPSA) is 907 Å². The van der Waals surface area contributed by atoms with Gasteiger partial charge in [-0.15, -0.1) is 0 Å². The van der Waals surface area contributed by atoms with E-state index in [0.717, 1.165) is 6.92 Å². The summed E-state index contributed by atoms with van der Waals surface area (Å²) in [5, 5.41) is 127. The molecule has 17 amide bonds. The molecule has 0 aliphatic rings. The van der Waals surface area contributed by atoms with Gasteiger partial charge in [0.05, 0.1) is 32.1 Å². The number of guanidine groups is 3. The van der Waals surface area contributed by atoms with E-state index in [1.54, 1.807) is 45.9 Å². The molecular formula is C83H133N27O26. The quantitative estimate of drug-likeness (QED) is 0.0166. The Hall–Kier alpha value is -14.7. The Morgan fingerprint density at radius 3 is 1.04 bits per heavy atom. The van der Waals surface area contributed by atoms with Gasteiger partial charge in [0.1, 0.15) is 96.4 Å². The van der Waals surface area contributed by atoms with Crippen molar-refractivity contribution in [1.82, 2.24) is 95.7 Å². The average molecular weight is 1930 g/mol. The molecule has 0 saturated heterocycles. The van der Waals surface area contributed by atoms with Crippen LogP contribution in [0.3, 0.4) is 0 Å². The summed E-state index contributed by atoms with van der Waals surface area (Å²) in [7, 11) is 0. The van der Waals surface area contributed by atoms with E-state index < -0.39 is 309 Å². The molecule has 0 aliphatic heterocycles. The highest BCUT2D eigenvalue weighted by Gasteiger charge is 2.41. The number of carboxylic acids is 3. The molecule has 0 aromatic heterocycles. The molecule has 53 heteroatoms. The minimum absolute atomic E-state index is 0.00893.